The number of hydrogen-bond donors (Lipinski definition) is 4. The molecule has 3 aromatic rings. The lowest BCUT2D eigenvalue weighted by atomic mass is 10.1. The first-order valence-electron chi connectivity index (χ1n) is 7.81. The molecular weight excluding hydrogens is 328 g/mol. The first-order valence-corrected chi connectivity index (χ1v) is 7.81. The van der Waals surface area contributed by atoms with Gasteiger partial charge in [0.1, 0.15) is 35.6 Å². The molecule has 0 bridgehead atoms. The smallest absolute Gasteiger partial charge is 0.164 e. The molecule has 5 N–H and O–H groups in total. The van der Waals surface area contributed by atoms with Crippen molar-refractivity contribution in [3.05, 3.63) is 30.6 Å². The molecule has 3 aromatic heterocycles. The van der Waals surface area contributed by atoms with Crippen LogP contribution < -0.4 is 5.73 Å². The number of aryl methyl sites for hydroxylation is 1. The molecule has 1 aliphatic rings. The van der Waals surface area contributed by atoms with Crippen molar-refractivity contribution in [3.8, 4) is 11.1 Å². The Morgan fingerprint density at radius 1 is 1.28 bits per heavy atom. The number of furan rings is 1. The average Bonchev–Trinajstić information content (AvgIpc) is 3.27. The Morgan fingerprint density at radius 2 is 2.08 bits per heavy atom. The number of hydrogen-bond acceptors (Lipinski definition) is 8. The molecule has 0 spiro atoms. The summed E-state index contributed by atoms with van der Waals surface area (Å²) >= 11 is 0. The van der Waals surface area contributed by atoms with Crippen LogP contribution in [0.15, 0.2) is 29.2 Å². The summed E-state index contributed by atoms with van der Waals surface area (Å²) in [7, 11) is 0. The van der Waals surface area contributed by atoms with Gasteiger partial charge in [0.2, 0.25) is 0 Å². The monoisotopic (exact) mass is 346 g/mol. The predicted molar refractivity (Wildman–Crippen MR) is 87.4 cm³/mol. The molecule has 1 unspecified atom stereocenters. The van der Waals surface area contributed by atoms with Gasteiger partial charge in [-0.1, -0.05) is 0 Å². The van der Waals surface area contributed by atoms with Crippen LogP contribution in [0, 0.1) is 6.92 Å². The first-order chi connectivity index (χ1) is 12.0. The molecule has 9 nitrogen and oxygen atoms in total. The van der Waals surface area contributed by atoms with Crippen molar-refractivity contribution in [2.75, 3.05) is 12.3 Å². The molecule has 0 aromatic carbocycles. The largest absolute Gasteiger partial charge is 0.472 e. The SMILES string of the molecule is Cc1nc(N)c2c(-c3ccoc3)cn([C@@H]3OC(CO)[C@H](O)[C@@H]3O)c2n1. The van der Waals surface area contributed by atoms with E-state index in [0.29, 0.717) is 22.7 Å². The number of anilines is 1. The first kappa shape index (κ1) is 16.0. The van der Waals surface area contributed by atoms with Crippen LogP contribution in [0.1, 0.15) is 12.1 Å². The number of nitrogens with zero attached hydrogens (tertiary/aromatic N) is 3. The highest BCUT2D eigenvalue weighted by atomic mass is 16.6. The topological polar surface area (TPSA) is 140 Å². The van der Waals surface area contributed by atoms with Gasteiger partial charge in [0.15, 0.2) is 6.23 Å². The standard InChI is InChI=1S/C16H18N4O5/c1-7-18-14(17)11-9(8-2-3-24-6-8)4-20(15(11)19-7)16-13(23)12(22)10(5-21)25-16/h2-4,6,10,12-13,16,21-23H,5H2,1H3,(H2,17,18,19)/t10?,12-,13-,16+/m0/s1. The van der Waals surface area contributed by atoms with Crippen LogP contribution in [0.5, 0.6) is 0 Å². The van der Waals surface area contributed by atoms with Crippen LogP contribution in [-0.4, -0.2) is 54.8 Å². The van der Waals surface area contributed by atoms with Crippen LogP contribution in [0.3, 0.4) is 0 Å². The summed E-state index contributed by atoms with van der Waals surface area (Å²) in [6, 6.07) is 1.77. The van der Waals surface area contributed by atoms with Gasteiger partial charge in [-0.05, 0) is 13.0 Å². The molecule has 0 amide bonds. The third-order valence-electron chi connectivity index (χ3n) is 4.44. The summed E-state index contributed by atoms with van der Waals surface area (Å²) in [4.78, 5) is 8.64. The van der Waals surface area contributed by atoms with Crippen LogP contribution in [-0.2, 0) is 4.74 Å². The number of aliphatic hydroxyl groups is 3. The van der Waals surface area contributed by atoms with E-state index in [0.717, 1.165) is 11.1 Å². The molecule has 4 rings (SSSR count). The fraction of sp³-hybridized carbons (Fsp3) is 0.375. The van der Waals surface area contributed by atoms with Crippen LogP contribution in [0.2, 0.25) is 0 Å². The third kappa shape index (κ3) is 2.40. The van der Waals surface area contributed by atoms with Crippen molar-refractivity contribution in [2.24, 2.45) is 0 Å². The minimum absolute atomic E-state index is 0.296. The van der Waals surface area contributed by atoms with E-state index in [1.54, 1.807) is 30.0 Å². The van der Waals surface area contributed by atoms with E-state index in [4.69, 9.17) is 14.9 Å². The van der Waals surface area contributed by atoms with Gasteiger partial charge in [-0.2, -0.15) is 0 Å². The molecule has 0 saturated carbocycles. The normalized spacial score (nSPS) is 26.6. The molecule has 9 heteroatoms. The number of ether oxygens (including phenoxy) is 1. The van der Waals surface area contributed by atoms with Gasteiger partial charge < -0.3 is 34.8 Å². The zero-order valence-corrected chi connectivity index (χ0v) is 13.4. The van der Waals surface area contributed by atoms with Crippen LogP contribution >= 0.6 is 0 Å². The number of fused-ring (bicyclic) bond motifs is 1. The second-order valence-electron chi connectivity index (χ2n) is 6.05. The maximum absolute atomic E-state index is 10.4. The number of nitrogen functional groups attached to an aromatic ring is 1. The van der Waals surface area contributed by atoms with Crippen molar-refractivity contribution in [2.45, 2.75) is 31.5 Å². The number of aliphatic hydroxyl groups excluding tert-OH is 3. The van der Waals surface area contributed by atoms with Gasteiger partial charge in [0.05, 0.1) is 24.5 Å². The molecule has 132 valence electrons. The summed E-state index contributed by atoms with van der Waals surface area (Å²) < 4.78 is 12.4. The summed E-state index contributed by atoms with van der Waals surface area (Å²) in [6.45, 7) is 1.31. The highest BCUT2D eigenvalue weighted by Gasteiger charge is 2.44. The lowest BCUT2D eigenvalue weighted by Gasteiger charge is -2.17. The highest BCUT2D eigenvalue weighted by Crippen LogP contribution is 2.38. The van der Waals surface area contributed by atoms with E-state index >= 15 is 0 Å². The van der Waals surface area contributed by atoms with Crippen molar-refractivity contribution in [3.63, 3.8) is 0 Å². The molecule has 1 fully saturated rings. The van der Waals surface area contributed by atoms with E-state index < -0.39 is 31.1 Å². The molecule has 4 heterocycles. The second kappa shape index (κ2) is 5.81. The quantitative estimate of drug-likeness (QED) is 0.527. The summed E-state index contributed by atoms with van der Waals surface area (Å²) in [5.74, 6) is 0.763. The van der Waals surface area contributed by atoms with E-state index in [-0.39, 0.29) is 0 Å². The summed E-state index contributed by atoms with van der Waals surface area (Å²) in [6.07, 6.45) is 0.609. The average molecular weight is 346 g/mol. The highest BCUT2D eigenvalue weighted by molar-refractivity contribution is 6.00. The predicted octanol–water partition coefficient (Wildman–Crippen LogP) is 0.193. The molecule has 1 aliphatic heterocycles. The Labute approximate surface area is 142 Å². The lowest BCUT2D eigenvalue weighted by Crippen LogP contribution is -2.33. The zero-order chi connectivity index (χ0) is 17.7. The summed E-state index contributed by atoms with van der Waals surface area (Å²) in [5.41, 5.74) is 8.07. The Balaban J connectivity index is 1.93. The lowest BCUT2D eigenvalue weighted by molar-refractivity contribution is -0.0508. The Hall–Kier alpha value is -2.46. The minimum Gasteiger partial charge on any atom is -0.472 e. The maximum atomic E-state index is 10.4. The maximum Gasteiger partial charge on any atom is 0.164 e. The summed E-state index contributed by atoms with van der Waals surface area (Å²) in [5, 5.41) is 30.3. The van der Waals surface area contributed by atoms with Crippen molar-refractivity contribution < 1.29 is 24.5 Å². The Morgan fingerprint density at radius 3 is 2.72 bits per heavy atom. The molecule has 0 radical (unpaired) electrons. The van der Waals surface area contributed by atoms with Gasteiger partial charge >= 0.3 is 0 Å². The van der Waals surface area contributed by atoms with Gasteiger partial charge in [0.25, 0.3) is 0 Å². The Kier molecular flexibility index (Phi) is 3.73. The Bertz CT molecular complexity index is 907. The van der Waals surface area contributed by atoms with Gasteiger partial charge in [-0.15, -0.1) is 0 Å². The zero-order valence-electron chi connectivity index (χ0n) is 13.4. The fourth-order valence-electron chi connectivity index (χ4n) is 3.23. The molecule has 0 aliphatic carbocycles. The van der Waals surface area contributed by atoms with Gasteiger partial charge in [0, 0.05) is 17.3 Å². The van der Waals surface area contributed by atoms with Crippen LogP contribution in [0.25, 0.3) is 22.2 Å². The van der Waals surface area contributed by atoms with E-state index in [1.807, 2.05) is 0 Å². The van der Waals surface area contributed by atoms with E-state index in [1.165, 1.54) is 6.26 Å². The van der Waals surface area contributed by atoms with Gasteiger partial charge in [-0.25, -0.2) is 9.97 Å². The molecule has 25 heavy (non-hydrogen) atoms. The fourth-order valence-corrected chi connectivity index (χ4v) is 3.23. The minimum atomic E-state index is -1.22. The molecular formula is C16H18N4O5. The van der Waals surface area contributed by atoms with Crippen molar-refractivity contribution in [1.29, 1.82) is 0 Å². The van der Waals surface area contributed by atoms with Crippen LogP contribution in [0.4, 0.5) is 5.82 Å². The van der Waals surface area contributed by atoms with E-state index in [2.05, 4.69) is 9.97 Å². The molecule has 1 saturated heterocycles. The second-order valence-corrected chi connectivity index (χ2v) is 6.05. The molecule has 4 atom stereocenters. The third-order valence-corrected chi connectivity index (χ3v) is 4.44. The van der Waals surface area contributed by atoms with Crippen molar-refractivity contribution in [1.82, 2.24) is 14.5 Å². The van der Waals surface area contributed by atoms with Gasteiger partial charge in [-0.3, -0.25) is 0 Å². The number of aromatic nitrogens is 3. The van der Waals surface area contributed by atoms with Crippen molar-refractivity contribution >= 4 is 16.9 Å². The number of rotatable bonds is 3. The van der Waals surface area contributed by atoms with E-state index in [9.17, 15) is 15.3 Å². The number of nitrogens with two attached hydrogens (primary N) is 1.